The molecule has 1 aromatic rings. The van der Waals surface area contributed by atoms with Crippen molar-refractivity contribution in [1.29, 1.82) is 0 Å². The smallest absolute Gasteiger partial charge is 0.220 e. The molecular weight excluding hydrogens is 228 g/mol. The summed E-state index contributed by atoms with van der Waals surface area (Å²) in [7, 11) is 0. The molecule has 1 aliphatic rings. The van der Waals surface area contributed by atoms with Crippen LogP contribution < -0.4 is 0 Å². The van der Waals surface area contributed by atoms with Crippen LogP contribution in [-0.4, -0.2) is 22.8 Å². The highest BCUT2D eigenvalue weighted by atomic mass is 32.2. The normalized spacial score (nSPS) is 20.3. The van der Waals surface area contributed by atoms with Crippen molar-refractivity contribution in [2.24, 2.45) is 0 Å². The standard InChI is InChI=1S/C11H12O2S2/c14-11-13-10(8-15-11)7-12-6-9-4-2-1-3-5-9/h1-5,10H,6-8H2/t10-/m0/s1. The summed E-state index contributed by atoms with van der Waals surface area (Å²) in [5, 5.41) is 0. The zero-order valence-corrected chi connectivity index (χ0v) is 9.85. The zero-order chi connectivity index (χ0) is 10.5. The van der Waals surface area contributed by atoms with Crippen molar-refractivity contribution in [1.82, 2.24) is 0 Å². The van der Waals surface area contributed by atoms with E-state index in [4.69, 9.17) is 21.7 Å². The van der Waals surface area contributed by atoms with Crippen LogP contribution in [0.5, 0.6) is 0 Å². The van der Waals surface area contributed by atoms with Crippen LogP contribution in [0.4, 0.5) is 0 Å². The molecule has 1 heterocycles. The van der Waals surface area contributed by atoms with Gasteiger partial charge in [-0.2, -0.15) is 0 Å². The lowest BCUT2D eigenvalue weighted by Gasteiger charge is -2.09. The van der Waals surface area contributed by atoms with Crippen LogP contribution in [-0.2, 0) is 16.1 Å². The molecule has 1 aliphatic heterocycles. The topological polar surface area (TPSA) is 18.5 Å². The van der Waals surface area contributed by atoms with Gasteiger partial charge in [0.25, 0.3) is 0 Å². The molecule has 0 radical (unpaired) electrons. The fourth-order valence-electron chi connectivity index (χ4n) is 1.33. The third kappa shape index (κ3) is 3.48. The van der Waals surface area contributed by atoms with Crippen molar-refractivity contribution < 1.29 is 9.47 Å². The third-order valence-corrected chi connectivity index (χ3v) is 3.39. The molecule has 80 valence electrons. The molecule has 2 rings (SSSR count). The van der Waals surface area contributed by atoms with Gasteiger partial charge in [0, 0.05) is 5.75 Å². The predicted octanol–water partition coefficient (Wildman–Crippen LogP) is 2.62. The first-order valence-electron chi connectivity index (χ1n) is 4.79. The van der Waals surface area contributed by atoms with Crippen molar-refractivity contribution >= 4 is 28.4 Å². The molecule has 0 bridgehead atoms. The van der Waals surface area contributed by atoms with E-state index in [0.717, 1.165) is 5.75 Å². The first-order valence-corrected chi connectivity index (χ1v) is 6.19. The molecule has 0 aromatic heterocycles. The van der Waals surface area contributed by atoms with Gasteiger partial charge < -0.3 is 9.47 Å². The lowest BCUT2D eigenvalue weighted by Crippen LogP contribution is -2.17. The van der Waals surface area contributed by atoms with E-state index < -0.39 is 0 Å². The van der Waals surface area contributed by atoms with Crippen LogP contribution in [0.1, 0.15) is 5.56 Å². The van der Waals surface area contributed by atoms with E-state index in [1.54, 1.807) is 11.8 Å². The van der Waals surface area contributed by atoms with E-state index in [1.807, 2.05) is 18.2 Å². The maximum atomic E-state index is 5.55. The van der Waals surface area contributed by atoms with Gasteiger partial charge in [0.1, 0.15) is 6.10 Å². The molecule has 1 atom stereocenters. The van der Waals surface area contributed by atoms with E-state index in [2.05, 4.69) is 12.1 Å². The van der Waals surface area contributed by atoms with Gasteiger partial charge in [-0.15, -0.1) is 0 Å². The summed E-state index contributed by atoms with van der Waals surface area (Å²) in [5.41, 5.74) is 1.19. The molecular formula is C11H12O2S2. The first kappa shape index (κ1) is 10.9. The molecule has 0 spiro atoms. The predicted molar refractivity (Wildman–Crippen MR) is 66.0 cm³/mol. The summed E-state index contributed by atoms with van der Waals surface area (Å²) in [5.74, 6) is 0.910. The minimum Gasteiger partial charge on any atom is -0.472 e. The van der Waals surface area contributed by atoms with E-state index in [1.165, 1.54) is 5.56 Å². The average molecular weight is 240 g/mol. The monoisotopic (exact) mass is 240 g/mol. The minimum absolute atomic E-state index is 0.131. The van der Waals surface area contributed by atoms with Gasteiger partial charge in [-0.05, 0) is 17.8 Å². The third-order valence-electron chi connectivity index (χ3n) is 2.07. The molecule has 0 amide bonds. The number of rotatable bonds is 4. The molecule has 1 aromatic carbocycles. The number of ether oxygens (including phenoxy) is 2. The van der Waals surface area contributed by atoms with Crippen molar-refractivity contribution in [3.63, 3.8) is 0 Å². The lowest BCUT2D eigenvalue weighted by atomic mass is 10.2. The highest BCUT2D eigenvalue weighted by Crippen LogP contribution is 2.20. The van der Waals surface area contributed by atoms with Crippen LogP contribution in [0.15, 0.2) is 30.3 Å². The largest absolute Gasteiger partial charge is 0.472 e. The molecule has 0 N–H and O–H groups in total. The quantitative estimate of drug-likeness (QED) is 0.753. The van der Waals surface area contributed by atoms with Gasteiger partial charge in [-0.1, -0.05) is 42.1 Å². The van der Waals surface area contributed by atoms with Crippen LogP contribution >= 0.6 is 24.0 Å². The van der Waals surface area contributed by atoms with Crippen LogP contribution in [0.2, 0.25) is 0 Å². The summed E-state index contributed by atoms with van der Waals surface area (Å²) >= 11 is 6.51. The Bertz CT molecular complexity index is 327. The van der Waals surface area contributed by atoms with E-state index in [9.17, 15) is 0 Å². The molecule has 2 nitrogen and oxygen atoms in total. The summed E-state index contributed by atoms with van der Waals surface area (Å²) in [6.45, 7) is 1.25. The Balaban J connectivity index is 1.69. The molecule has 4 heteroatoms. The minimum atomic E-state index is 0.131. The summed E-state index contributed by atoms with van der Waals surface area (Å²) in [4.78, 5) is 0. The summed E-state index contributed by atoms with van der Waals surface area (Å²) < 4.78 is 11.6. The molecule has 0 aliphatic carbocycles. The van der Waals surface area contributed by atoms with Gasteiger partial charge in [0.15, 0.2) is 0 Å². The van der Waals surface area contributed by atoms with Crippen LogP contribution in [0.3, 0.4) is 0 Å². The van der Waals surface area contributed by atoms with Gasteiger partial charge in [0.2, 0.25) is 4.38 Å². The Labute approximate surface area is 99.0 Å². The summed E-state index contributed by atoms with van der Waals surface area (Å²) in [6.07, 6.45) is 0.131. The molecule has 0 unspecified atom stereocenters. The lowest BCUT2D eigenvalue weighted by molar-refractivity contribution is 0.0526. The van der Waals surface area contributed by atoms with Crippen molar-refractivity contribution in [2.75, 3.05) is 12.4 Å². The summed E-state index contributed by atoms with van der Waals surface area (Å²) in [6, 6.07) is 10.1. The number of thiocarbonyl (C=S) groups is 1. The zero-order valence-electron chi connectivity index (χ0n) is 8.22. The molecule has 15 heavy (non-hydrogen) atoms. The fraction of sp³-hybridized carbons (Fsp3) is 0.364. The Kier molecular flexibility index (Phi) is 4.00. The van der Waals surface area contributed by atoms with Gasteiger partial charge in [0.05, 0.1) is 13.2 Å². The number of hydrogen-bond donors (Lipinski definition) is 0. The van der Waals surface area contributed by atoms with Gasteiger partial charge in [-0.3, -0.25) is 0 Å². The highest BCUT2D eigenvalue weighted by Gasteiger charge is 2.21. The number of thioether (sulfide) groups is 1. The Morgan fingerprint density at radius 3 is 2.87 bits per heavy atom. The second-order valence-corrected chi connectivity index (χ2v) is 4.92. The number of benzene rings is 1. The van der Waals surface area contributed by atoms with Crippen LogP contribution in [0, 0.1) is 0 Å². The second-order valence-electron chi connectivity index (χ2n) is 3.30. The maximum Gasteiger partial charge on any atom is 0.220 e. The van der Waals surface area contributed by atoms with Crippen molar-refractivity contribution in [3.8, 4) is 0 Å². The molecule has 1 fully saturated rings. The molecule has 1 saturated heterocycles. The Morgan fingerprint density at radius 1 is 1.40 bits per heavy atom. The maximum absolute atomic E-state index is 5.55. The molecule has 0 saturated carbocycles. The van der Waals surface area contributed by atoms with E-state index >= 15 is 0 Å². The van der Waals surface area contributed by atoms with Crippen molar-refractivity contribution in [3.05, 3.63) is 35.9 Å². The van der Waals surface area contributed by atoms with Gasteiger partial charge >= 0.3 is 0 Å². The van der Waals surface area contributed by atoms with Gasteiger partial charge in [-0.25, -0.2) is 0 Å². The SMILES string of the molecule is S=C1O[C@@H](COCc2ccccc2)CS1. The first-order chi connectivity index (χ1) is 7.34. The van der Waals surface area contributed by atoms with Crippen LogP contribution in [0.25, 0.3) is 0 Å². The number of hydrogen-bond acceptors (Lipinski definition) is 4. The van der Waals surface area contributed by atoms with E-state index in [0.29, 0.717) is 17.6 Å². The Hall–Kier alpha value is -0.580. The average Bonchev–Trinajstić information content (AvgIpc) is 2.66. The van der Waals surface area contributed by atoms with E-state index in [-0.39, 0.29) is 6.10 Å². The Morgan fingerprint density at radius 2 is 2.20 bits per heavy atom. The second kappa shape index (κ2) is 5.49. The fourth-order valence-corrected chi connectivity index (χ4v) is 2.36. The van der Waals surface area contributed by atoms with Crippen molar-refractivity contribution in [2.45, 2.75) is 12.7 Å². The highest BCUT2D eigenvalue weighted by molar-refractivity contribution is 8.22.